The maximum absolute atomic E-state index is 12.1. The number of ketones is 1. The molecule has 2 rings (SSSR count). The average Bonchev–Trinajstić information content (AvgIpc) is 2.72. The summed E-state index contributed by atoms with van der Waals surface area (Å²) in [6.45, 7) is 6.89. The van der Waals surface area contributed by atoms with E-state index in [1.165, 1.54) is 5.56 Å². The molecule has 1 saturated carbocycles. The summed E-state index contributed by atoms with van der Waals surface area (Å²) in [6, 6.07) is 0. The van der Waals surface area contributed by atoms with Crippen molar-refractivity contribution >= 4 is 5.78 Å². The second kappa shape index (κ2) is 5.48. The summed E-state index contributed by atoms with van der Waals surface area (Å²) >= 11 is 0. The van der Waals surface area contributed by atoms with E-state index in [4.69, 9.17) is 0 Å². The third-order valence-corrected chi connectivity index (χ3v) is 4.53. The lowest BCUT2D eigenvalue weighted by molar-refractivity contribution is -0.126. The fourth-order valence-electron chi connectivity index (χ4n) is 3.12. The number of aromatic nitrogens is 2. The molecule has 1 aliphatic rings. The van der Waals surface area contributed by atoms with Crippen molar-refractivity contribution in [3.63, 3.8) is 0 Å². The van der Waals surface area contributed by atoms with Gasteiger partial charge in [-0.1, -0.05) is 20.8 Å². The summed E-state index contributed by atoms with van der Waals surface area (Å²) in [5.74, 6) is 1.42. The van der Waals surface area contributed by atoms with Crippen LogP contribution in [0.1, 0.15) is 52.0 Å². The van der Waals surface area contributed by atoms with Gasteiger partial charge in [-0.15, -0.1) is 0 Å². The quantitative estimate of drug-likeness (QED) is 0.837. The van der Waals surface area contributed by atoms with Crippen LogP contribution in [0.4, 0.5) is 0 Å². The lowest BCUT2D eigenvalue weighted by atomic mass is 9.68. The third-order valence-electron chi connectivity index (χ3n) is 4.53. The van der Waals surface area contributed by atoms with Crippen LogP contribution in [0.2, 0.25) is 0 Å². The molecule has 2 atom stereocenters. The summed E-state index contributed by atoms with van der Waals surface area (Å²) in [7, 11) is 1.94. The smallest absolute Gasteiger partial charge is 0.136 e. The monoisotopic (exact) mass is 262 g/mol. The zero-order valence-corrected chi connectivity index (χ0v) is 12.6. The lowest BCUT2D eigenvalue weighted by Gasteiger charge is -2.37. The Morgan fingerprint density at radius 2 is 2.16 bits per heavy atom. The van der Waals surface area contributed by atoms with E-state index in [9.17, 15) is 4.79 Å². The van der Waals surface area contributed by atoms with Gasteiger partial charge in [0.2, 0.25) is 0 Å². The van der Waals surface area contributed by atoms with Crippen molar-refractivity contribution in [2.24, 2.45) is 24.3 Å². The molecule has 19 heavy (non-hydrogen) atoms. The number of carbonyl (C=O) groups excluding carboxylic acids is 1. The van der Waals surface area contributed by atoms with Gasteiger partial charge in [-0.05, 0) is 42.6 Å². The van der Waals surface area contributed by atoms with Gasteiger partial charge in [-0.3, -0.25) is 9.48 Å². The largest absolute Gasteiger partial charge is 0.299 e. The van der Waals surface area contributed by atoms with Crippen molar-refractivity contribution in [2.75, 3.05) is 0 Å². The number of Topliss-reactive ketones (excluding diaryl/α,β-unsaturated/α-hetero) is 1. The van der Waals surface area contributed by atoms with Crippen molar-refractivity contribution in [1.29, 1.82) is 0 Å². The molecule has 3 nitrogen and oxygen atoms in total. The van der Waals surface area contributed by atoms with Gasteiger partial charge in [0.15, 0.2) is 0 Å². The summed E-state index contributed by atoms with van der Waals surface area (Å²) in [4.78, 5) is 12.1. The van der Waals surface area contributed by atoms with Crippen molar-refractivity contribution in [3.8, 4) is 0 Å². The van der Waals surface area contributed by atoms with Crippen LogP contribution in [0.5, 0.6) is 0 Å². The second-order valence-electron chi connectivity index (χ2n) is 7.06. The maximum atomic E-state index is 12.1. The summed E-state index contributed by atoms with van der Waals surface area (Å²) in [6.07, 6.45) is 8.84. The molecular weight excluding hydrogens is 236 g/mol. The maximum Gasteiger partial charge on any atom is 0.136 e. The van der Waals surface area contributed by atoms with E-state index in [-0.39, 0.29) is 5.92 Å². The van der Waals surface area contributed by atoms with Crippen molar-refractivity contribution in [3.05, 3.63) is 18.0 Å². The van der Waals surface area contributed by atoms with E-state index in [0.717, 1.165) is 32.1 Å². The summed E-state index contributed by atoms with van der Waals surface area (Å²) in [5, 5.41) is 4.19. The van der Waals surface area contributed by atoms with Crippen LogP contribution in [0.25, 0.3) is 0 Å². The molecule has 0 amide bonds. The Hall–Kier alpha value is -1.12. The number of hydrogen-bond acceptors (Lipinski definition) is 2. The van der Waals surface area contributed by atoms with Gasteiger partial charge >= 0.3 is 0 Å². The van der Waals surface area contributed by atoms with Gasteiger partial charge in [0.05, 0.1) is 6.20 Å². The zero-order chi connectivity index (χ0) is 14.0. The van der Waals surface area contributed by atoms with Gasteiger partial charge in [0.1, 0.15) is 5.78 Å². The average molecular weight is 262 g/mol. The molecule has 1 aromatic heterocycles. The standard InChI is InChI=1S/C16H26N2O/c1-16(2,3)14-7-8-15(19)13(9-14)6-5-12-10-17-18(4)11-12/h10-11,13-14H,5-9H2,1-4H3. The lowest BCUT2D eigenvalue weighted by Crippen LogP contribution is -2.32. The first-order valence-corrected chi connectivity index (χ1v) is 7.36. The Morgan fingerprint density at radius 3 is 2.74 bits per heavy atom. The molecule has 1 aliphatic carbocycles. The minimum atomic E-state index is 0.262. The third kappa shape index (κ3) is 3.68. The van der Waals surface area contributed by atoms with Gasteiger partial charge in [0.25, 0.3) is 0 Å². The molecule has 0 aliphatic heterocycles. The van der Waals surface area contributed by atoms with Crippen molar-refractivity contribution in [2.45, 2.75) is 52.9 Å². The summed E-state index contributed by atoms with van der Waals surface area (Å²) in [5.41, 5.74) is 1.57. The minimum absolute atomic E-state index is 0.262. The molecule has 0 radical (unpaired) electrons. The highest BCUT2D eigenvalue weighted by atomic mass is 16.1. The Labute approximate surface area is 116 Å². The molecule has 0 bridgehead atoms. The molecule has 0 aromatic carbocycles. The van der Waals surface area contributed by atoms with Crippen molar-refractivity contribution in [1.82, 2.24) is 9.78 Å². The predicted octanol–water partition coefficient (Wildman–Crippen LogP) is 3.38. The van der Waals surface area contributed by atoms with E-state index in [0.29, 0.717) is 17.1 Å². The molecule has 1 fully saturated rings. The first kappa shape index (κ1) is 14.3. The number of rotatable bonds is 3. The molecule has 106 valence electrons. The minimum Gasteiger partial charge on any atom is -0.299 e. The van der Waals surface area contributed by atoms with Crippen molar-refractivity contribution < 1.29 is 4.79 Å². The van der Waals surface area contributed by atoms with E-state index < -0.39 is 0 Å². The number of nitrogens with zero attached hydrogens (tertiary/aromatic N) is 2. The predicted molar refractivity (Wildman–Crippen MR) is 76.8 cm³/mol. The first-order valence-electron chi connectivity index (χ1n) is 7.36. The van der Waals surface area contributed by atoms with Gasteiger partial charge < -0.3 is 0 Å². The Kier molecular flexibility index (Phi) is 4.12. The normalized spacial score (nSPS) is 24.7. The first-order chi connectivity index (χ1) is 8.86. The van der Waals surface area contributed by atoms with Crippen LogP contribution in [0.15, 0.2) is 12.4 Å². The van der Waals surface area contributed by atoms with Crippen LogP contribution in [0, 0.1) is 17.3 Å². The fraction of sp³-hybridized carbons (Fsp3) is 0.750. The van der Waals surface area contributed by atoms with E-state index >= 15 is 0 Å². The number of carbonyl (C=O) groups is 1. The molecule has 1 heterocycles. The van der Waals surface area contributed by atoms with Crippen LogP contribution < -0.4 is 0 Å². The van der Waals surface area contributed by atoms with Crippen LogP contribution in [0.3, 0.4) is 0 Å². The Balaban J connectivity index is 1.92. The molecule has 0 spiro atoms. The zero-order valence-electron chi connectivity index (χ0n) is 12.6. The number of hydrogen-bond donors (Lipinski definition) is 0. The Bertz CT molecular complexity index is 442. The molecule has 0 N–H and O–H groups in total. The van der Waals surface area contributed by atoms with Crippen LogP contribution >= 0.6 is 0 Å². The second-order valence-corrected chi connectivity index (χ2v) is 7.06. The highest BCUT2D eigenvalue weighted by Gasteiger charge is 2.34. The molecular formula is C16H26N2O. The topological polar surface area (TPSA) is 34.9 Å². The summed E-state index contributed by atoms with van der Waals surface area (Å²) < 4.78 is 1.83. The molecule has 0 saturated heterocycles. The highest BCUT2D eigenvalue weighted by Crippen LogP contribution is 2.40. The molecule has 2 unspecified atom stereocenters. The highest BCUT2D eigenvalue weighted by molar-refractivity contribution is 5.81. The fourth-order valence-corrected chi connectivity index (χ4v) is 3.12. The Morgan fingerprint density at radius 1 is 1.42 bits per heavy atom. The van der Waals surface area contributed by atoms with Crippen LogP contribution in [-0.4, -0.2) is 15.6 Å². The number of aryl methyl sites for hydroxylation is 2. The van der Waals surface area contributed by atoms with E-state index in [1.54, 1.807) is 0 Å². The van der Waals surface area contributed by atoms with Gasteiger partial charge in [-0.25, -0.2) is 0 Å². The van der Waals surface area contributed by atoms with Gasteiger partial charge in [0, 0.05) is 25.6 Å². The SMILES string of the molecule is Cn1cc(CCC2CC(C(C)(C)C)CCC2=O)cn1. The molecule has 3 heteroatoms. The van der Waals surface area contributed by atoms with E-state index in [1.807, 2.05) is 17.9 Å². The van der Waals surface area contributed by atoms with Gasteiger partial charge in [-0.2, -0.15) is 5.10 Å². The van der Waals surface area contributed by atoms with E-state index in [2.05, 4.69) is 32.1 Å². The van der Waals surface area contributed by atoms with Crippen LogP contribution in [-0.2, 0) is 18.3 Å². The molecule has 1 aromatic rings.